The Kier molecular flexibility index (Phi) is 2.35. The van der Waals surface area contributed by atoms with Crippen LogP contribution in [0.25, 0.3) is 5.82 Å². The molecule has 7 heteroatoms. The first-order valence-electron chi connectivity index (χ1n) is 3.94. The molecule has 0 radical (unpaired) electrons. The molecule has 0 aromatic carbocycles. The molecule has 0 unspecified atom stereocenters. The summed E-state index contributed by atoms with van der Waals surface area (Å²) < 4.78 is 2.06. The normalized spacial score (nSPS) is 9.87. The number of nitrogens with two attached hydrogens (primary N) is 1. The van der Waals surface area contributed by atoms with Crippen molar-refractivity contribution >= 4 is 21.7 Å². The first-order chi connectivity index (χ1) is 7.22. The smallest absolute Gasteiger partial charge is 0.190 e. The number of halogens is 1. The molecule has 0 fully saturated rings. The van der Waals surface area contributed by atoms with Gasteiger partial charge in [-0.25, -0.2) is 14.6 Å². The molecule has 0 atom stereocenters. The number of hydrogen-bond acceptors (Lipinski definition) is 5. The summed E-state index contributed by atoms with van der Waals surface area (Å²) in [4.78, 5) is 7.89. The number of nitriles is 1. The molecule has 2 heterocycles. The third-order valence-electron chi connectivity index (χ3n) is 1.70. The fourth-order valence-electron chi connectivity index (χ4n) is 1.05. The molecule has 0 saturated carbocycles. The van der Waals surface area contributed by atoms with E-state index in [9.17, 15) is 0 Å². The molecular weight excluding hydrogens is 260 g/mol. The summed E-state index contributed by atoms with van der Waals surface area (Å²) in [6, 6.07) is 1.93. The zero-order chi connectivity index (χ0) is 10.8. The molecule has 0 aliphatic carbocycles. The number of aromatic nitrogens is 4. The Morgan fingerprint density at radius 3 is 2.73 bits per heavy atom. The number of rotatable bonds is 1. The minimum absolute atomic E-state index is 0.201. The third kappa shape index (κ3) is 1.67. The summed E-state index contributed by atoms with van der Waals surface area (Å²) in [5.41, 5.74) is 5.76. The summed E-state index contributed by atoms with van der Waals surface area (Å²) in [5, 5.41) is 12.8. The van der Waals surface area contributed by atoms with Crippen molar-refractivity contribution in [2.75, 3.05) is 5.73 Å². The molecule has 2 N–H and O–H groups in total. The highest BCUT2D eigenvalue weighted by molar-refractivity contribution is 9.10. The van der Waals surface area contributed by atoms with Crippen LogP contribution < -0.4 is 5.73 Å². The van der Waals surface area contributed by atoms with E-state index in [4.69, 9.17) is 11.0 Å². The number of hydrogen-bond donors (Lipinski definition) is 1. The summed E-state index contributed by atoms with van der Waals surface area (Å²) in [6.07, 6.45) is 4.56. The largest absolute Gasteiger partial charge is 0.381 e. The van der Waals surface area contributed by atoms with Gasteiger partial charge in [0, 0.05) is 18.6 Å². The minimum atomic E-state index is 0.201. The average Bonchev–Trinajstić information content (AvgIpc) is 2.59. The van der Waals surface area contributed by atoms with Crippen LogP contribution in [0.5, 0.6) is 0 Å². The van der Waals surface area contributed by atoms with Gasteiger partial charge in [-0.05, 0) is 15.9 Å². The van der Waals surface area contributed by atoms with Gasteiger partial charge in [-0.3, -0.25) is 0 Å². The minimum Gasteiger partial charge on any atom is -0.381 e. The van der Waals surface area contributed by atoms with Crippen LogP contribution in [0.2, 0.25) is 0 Å². The van der Waals surface area contributed by atoms with Crippen LogP contribution >= 0.6 is 15.9 Å². The van der Waals surface area contributed by atoms with Crippen LogP contribution in [0, 0.1) is 11.3 Å². The van der Waals surface area contributed by atoms with Gasteiger partial charge in [0.25, 0.3) is 0 Å². The molecule has 0 aliphatic rings. The first-order valence-corrected chi connectivity index (χ1v) is 4.74. The summed E-state index contributed by atoms with van der Waals surface area (Å²) in [6.45, 7) is 0. The van der Waals surface area contributed by atoms with Gasteiger partial charge in [0.2, 0.25) is 0 Å². The zero-order valence-electron chi connectivity index (χ0n) is 7.42. The predicted octanol–water partition coefficient (Wildman–Crippen LogP) is 0.879. The van der Waals surface area contributed by atoms with Crippen molar-refractivity contribution in [1.29, 1.82) is 5.26 Å². The maximum absolute atomic E-state index is 8.82. The lowest BCUT2D eigenvalue weighted by Crippen LogP contribution is -2.03. The molecule has 6 nitrogen and oxygen atoms in total. The van der Waals surface area contributed by atoms with E-state index >= 15 is 0 Å². The maximum atomic E-state index is 8.82. The second kappa shape index (κ2) is 3.67. The second-order valence-electron chi connectivity index (χ2n) is 2.65. The summed E-state index contributed by atoms with van der Waals surface area (Å²) in [5.74, 6) is 0.696. The second-order valence-corrected chi connectivity index (χ2v) is 3.50. The summed E-state index contributed by atoms with van der Waals surface area (Å²) in [7, 11) is 0. The van der Waals surface area contributed by atoms with Crippen LogP contribution in [0.1, 0.15) is 5.69 Å². The lowest BCUT2D eigenvalue weighted by molar-refractivity contribution is 0.836. The van der Waals surface area contributed by atoms with E-state index < -0.39 is 0 Å². The van der Waals surface area contributed by atoms with Crippen LogP contribution in [-0.2, 0) is 0 Å². The molecule has 2 rings (SSSR count). The Balaban J connectivity index is 2.59. The topological polar surface area (TPSA) is 93.4 Å². The number of nitrogen functional groups attached to an aromatic ring is 1. The van der Waals surface area contributed by atoms with Crippen LogP contribution in [-0.4, -0.2) is 19.7 Å². The molecular formula is C8H5BrN6. The number of anilines is 1. The van der Waals surface area contributed by atoms with E-state index in [1.807, 2.05) is 6.07 Å². The molecule has 0 amide bonds. The van der Waals surface area contributed by atoms with Gasteiger partial charge in [-0.15, -0.1) is 5.10 Å². The quantitative estimate of drug-likeness (QED) is 0.825. The molecule has 2 aromatic rings. The maximum Gasteiger partial charge on any atom is 0.190 e. The fourth-order valence-corrected chi connectivity index (χ4v) is 1.33. The average molecular weight is 265 g/mol. The Hall–Kier alpha value is -1.94. The van der Waals surface area contributed by atoms with E-state index in [2.05, 4.69) is 31.0 Å². The number of nitrogens with zero attached hydrogens (tertiary/aromatic N) is 5. The molecule has 15 heavy (non-hydrogen) atoms. The standard InChI is InChI=1S/C8H5BrN6/c9-5-4-15(14-7(5)11)8-6(3-10)12-1-2-13-8/h1-2,4H,(H2,11,14). The monoisotopic (exact) mass is 264 g/mol. The van der Waals surface area contributed by atoms with Crippen molar-refractivity contribution in [3.8, 4) is 11.9 Å². The Labute approximate surface area is 93.5 Å². The van der Waals surface area contributed by atoms with E-state index in [-0.39, 0.29) is 5.69 Å². The lowest BCUT2D eigenvalue weighted by atomic mass is 10.4. The molecule has 74 valence electrons. The highest BCUT2D eigenvalue weighted by atomic mass is 79.9. The lowest BCUT2D eigenvalue weighted by Gasteiger charge is -1.99. The first kappa shape index (κ1) is 9.61. The van der Waals surface area contributed by atoms with Gasteiger partial charge in [0.1, 0.15) is 6.07 Å². The van der Waals surface area contributed by atoms with E-state index in [1.165, 1.54) is 17.1 Å². The van der Waals surface area contributed by atoms with Crippen LogP contribution in [0.3, 0.4) is 0 Å². The van der Waals surface area contributed by atoms with Gasteiger partial charge in [0.15, 0.2) is 17.3 Å². The van der Waals surface area contributed by atoms with Gasteiger partial charge in [-0.1, -0.05) is 0 Å². The molecule has 0 aliphatic heterocycles. The zero-order valence-corrected chi connectivity index (χ0v) is 9.01. The van der Waals surface area contributed by atoms with Gasteiger partial charge < -0.3 is 5.73 Å². The van der Waals surface area contributed by atoms with Crippen molar-refractivity contribution in [3.63, 3.8) is 0 Å². The third-order valence-corrected chi connectivity index (χ3v) is 2.31. The van der Waals surface area contributed by atoms with Crippen molar-refractivity contribution in [1.82, 2.24) is 19.7 Å². The highest BCUT2D eigenvalue weighted by Crippen LogP contribution is 2.19. The van der Waals surface area contributed by atoms with E-state index in [0.717, 1.165) is 0 Å². The Morgan fingerprint density at radius 2 is 2.13 bits per heavy atom. The molecule has 0 spiro atoms. The van der Waals surface area contributed by atoms with Crippen LogP contribution in [0.4, 0.5) is 5.82 Å². The van der Waals surface area contributed by atoms with Crippen molar-refractivity contribution in [2.24, 2.45) is 0 Å². The Morgan fingerprint density at radius 1 is 1.40 bits per heavy atom. The molecule has 2 aromatic heterocycles. The van der Waals surface area contributed by atoms with Gasteiger partial charge >= 0.3 is 0 Å². The Bertz CT molecular complexity index is 521. The van der Waals surface area contributed by atoms with Crippen molar-refractivity contribution in [3.05, 3.63) is 28.8 Å². The predicted molar refractivity (Wildman–Crippen MR) is 56.0 cm³/mol. The van der Waals surface area contributed by atoms with Crippen molar-refractivity contribution in [2.45, 2.75) is 0 Å². The highest BCUT2D eigenvalue weighted by Gasteiger charge is 2.10. The molecule has 0 saturated heterocycles. The van der Waals surface area contributed by atoms with Gasteiger partial charge in [0.05, 0.1) is 4.47 Å². The summed E-state index contributed by atoms with van der Waals surface area (Å²) >= 11 is 3.22. The van der Waals surface area contributed by atoms with E-state index in [0.29, 0.717) is 16.1 Å². The van der Waals surface area contributed by atoms with E-state index in [1.54, 1.807) is 6.20 Å². The van der Waals surface area contributed by atoms with Crippen molar-refractivity contribution < 1.29 is 0 Å². The fraction of sp³-hybridized carbons (Fsp3) is 0. The molecule has 0 bridgehead atoms. The van der Waals surface area contributed by atoms with Crippen LogP contribution in [0.15, 0.2) is 23.1 Å². The SMILES string of the molecule is N#Cc1nccnc1-n1cc(Br)c(N)n1. The van der Waals surface area contributed by atoms with Gasteiger partial charge in [-0.2, -0.15) is 5.26 Å².